The largest absolute Gasteiger partial charge is 0.342 e. The smallest absolute Gasteiger partial charge is 0.293 e. The van der Waals surface area contributed by atoms with Crippen LogP contribution >= 0.6 is 0 Å². The Bertz CT molecular complexity index is 1820. The van der Waals surface area contributed by atoms with Gasteiger partial charge < -0.3 is 14.8 Å². The van der Waals surface area contributed by atoms with Gasteiger partial charge in [-0.3, -0.25) is 9.48 Å². The summed E-state index contributed by atoms with van der Waals surface area (Å²) in [7, 11) is 0. The fourth-order valence-corrected chi connectivity index (χ4v) is 6.25. The molecule has 4 heterocycles. The summed E-state index contributed by atoms with van der Waals surface area (Å²) in [5.41, 5.74) is 9.04. The average molecular weight is 565 g/mol. The van der Waals surface area contributed by atoms with E-state index in [2.05, 4.69) is 71.3 Å². The van der Waals surface area contributed by atoms with E-state index in [1.54, 1.807) is 0 Å². The molecule has 4 aromatic heterocycles. The second-order valence-electron chi connectivity index (χ2n) is 12.4. The van der Waals surface area contributed by atoms with Crippen molar-refractivity contribution in [2.24, 2.45) is 0 Å². The molecular weight excluding hydrogens is 528 g/mol. The lowest BCUT2D eigenvalue weighted by Gasteiger charge is -2.19. The standard InChI is InChI=1S/C32H36N8O2/c1-17(2)40-19(4)25(18(3)38-40)27-35-26-23(12-15-33-28(26)36-27)21-10-11-22-20(16-21)8-6-7-9-24(22)34-30(41)29-37-31(42-39-29)32(5)13-14-32/h10-12,15-17,24H,6-9,13-14H2,1-5H3,(H,34,41)(H,33,35,36)/t24-/m0/s1. The lowest BCUT2D eigenvalue weighted by Crippen LogP contribution is -2.29. The Morgan fingerprint density at radius 2 is 2.00 bits per heavy atom. The van der Waals surface area contributed by atoms with E-state index in [4.69, 9.17) is 14.6 Å². The first kappa shape index (κ1) is 26.6. The number of carbonyl (C=O) groups excluding carboxylic acids is 1. The Kier molecular flexibility index (Phi) is 6.25. The molecule has 10 heteroatoms. The van der Waals surface area contributed by atoms with Gasteiger partial charge in [0.1, 0.15) is 11.3 Å². The molecule has 1 amide bonds. The number of H-pyrrole nitrogens is 1. The van der Waals surface area contributed by atoms with Gasteiger partial charge in [0.25, 0.3) is 11.7 Å². The van der Waals surface area contributed by atoms with E-state index in [1.165, 1.54) is 5.56 Å². The van der Waals surface area contributed by atoms with Crippen LogP contribution in [0.4, 0.5) is 0 Å². The van der Waals surface area contributed by atoms with E-state index in [-0.39, 0.29) is 29.2 Å². The molecule has 0 spiro atoms. The molecule has 1 saturated carbocycles. The van der Waals surface area contributed by atoms with Crippen molar-refractivity contribution >= 4 is 17.1 Å². The molecule has 42 heavy (non-hydrogen) atoms. The number of amides is 1. The van der Waals surface area contributed by atoms with E-state index in [9.17, 15) is 4.79 Å². The molecule has 1 atom stereocenters. The van der Waals surface area contributed by atoms with Crippen molar-refractivity contribution in [3.8, 4) is 22.5 Å². The van der Waals surface area contributed by atoms with Crippen LogP contribution in [0.2, 0.25) is 0 Å². The maximum absolute atomic E-state index is 13.1. The molecular formula is C32H36N8O2. The number of fused-ring (bicyclic) bond motifs is 2. The zero-order valence-electron chi connectivity index (χ0n) is 24.8. The fourth-order valence-electron chi connectivity index (χ4n) is 6.25. The lowest BCUT2D eigenvalue weighted by molar-refractivity contribution is 0.0921. The van der Waals surface area contributed by atoms with Gasteiger partial charge in [0, 0.05) is 28.9 Å². The minimum atomic E-state index is -0.289. The average Bonchev–Trinajstić information content (AvgIpc) is 3.28. The SMILES string of the molecule is Cc1nn(C(C)C)c(C)c1-c1nc2c(-c3ccc4c(c3)CCCC[C@@H]4NC(=O)c3noc(C4(C)CC4)n3)ccnc2[nH]1. The number of imidazole rings is 1. The summed E-state index contributed by atoms with van der Waals surface area (Å²) in [5, 5.41) is 11.9. The van der Waals surface area contributed by atoms with Crippen LogP contribution in [0, 0.1) is 13.8 Å². The third-order valence-corrected chi connectivity index (χ3v) is 8.90. The van der Waals surface area contributed by atoms with Gasteiger partial charge in [-0.25, -0.2) is 9.97 Å². The molecule has 2 aliphatic rings. The van der Waals surface area contributed by atoms with Crippen molar-refractivity contribution in [1.82, 2.24) is 40.2 Å². The van der Waals surface area contributed by atoms with Crippen molar-refractivity contribution in [2.75, 3.05) is 0 Å². The van der Waals surface area contributed by atoms with E-state index >= 15 is 0 Å². The van der Waals surface area contributed by atoms with E-state index in [1.807, 2.05) is 23.9 Å². The fraction of sp³-hybridized carbons (Fsp3) is 0.438. The maximum atomic E-state index is 13.1. The highest BCUT2D eigenvalue weighted by molar-refractivity contribution is 5.92. The van der Waals surface area contributed by atoms with Crippen molar-refractivity contribution in [1.29, 1.82) is 0 Å². The Morgan fingerprint density at radius 3 is 2.76 bits per heavy atom. The number of aromatic amines is 1. The number of nitrogens with zero attached hydrogens (tertiary/aromatic N) is 6. The van der Waals surface area contributed by atoms with Crippen LogP contribution < -0.4 is 5.32 Å². The van der Waals surface area contributed by atoms with Crippen LogP contribution in [0.3, 0.4) is 0 Å². The van der Waals surface area contributed by atoms with E-state index in [0.29, 0.717) is 5.89 Å². The van der Waals surface area contributed by atoms with Crippen LogP contribution in [0.25, 0.3) is 33.7 Å². The van der Waals surface area contributed by atoms with Crippen LogP contribution in [0.1, 0.15) is 104 Å². The molecule has 0 aliphatic heterocycles. The van der Waals surface area contributed by atoms with Crippen molar-refractivity contribution in [3.63, 3.8) is 0 Å². The van der Waals surface area contributed by atoms with E-state index < -0.39 is 0 Å². The minimum Gasteiger partial charge on any atom is -0.342 e. The number of pyridine rings is 1. The molecule has 7 rings (SSSR count). The lowest BCUT2D eigenvalue weighted by atomic mass is 9.94. The topological polar surface area (TPSA) is 127 Å². The molecule has 216 valence electrons. The van der Waals surface area contributed by atoms with Crippen LogP contribution in [0.5, 0.6) is 0 Å². The summed E-state index contributed by atoms with van der Waals surface area (Å²) >= 11 is 0. The number of hydrogen-bond donors (Lipinski definition) is 2. The Hall–Kier alpha value is -4.34. The van der Waals surface area contributed by atoms with Crippen molar-refractivity contribution in [3.05, 3.63) is 64.7 Å². The number of rotatable bonds is 6. The molecule has 0 unspecified atom stereocenters. The third kappa shape index (κ3) is 4.49. The molecule has 10 nitrogen and oxygen atoms in total. The zero-order valence-corrected chi connectivity index (χ0v) is 24.8. The highest BCUT2D eigenvalue weighted by atomic mass is 16.5. The number of carbonyl (C=O) groups is 1. The molecule has 5 aromatic rings. The maximum Gasteiger partial charge on any atom is 0.293 e. The van der Waals surface area contributed by atoms with E-state index in [0.717, 1.165) is 89.2 Å². The first-order chi connectivity index (χ1) is 20.2. The summed E-state index contributed by atoms with van der Waals surface area (Å²) in [6.45, 7) is 10.5. The van der Waals surface area contributed by atoms with Gasteiger partial charge >= 0.3 is 0 Å². The number of hydrogen-bond acceptors (Lipinski definition) is 7. The highest BCUT2D eigenvalue weighted by Gasteiger charge is 2.45. The van der Waals surface area contributed by atoms with Crippen LogP contribution in [-0.2, 0) is 11.8 Å². The molecule has 2 N–H and O–H groups in total. The van der Waals surface area contributed by atoms with Gasteiger partial charge in [0.2, 0.25) is 5.89 Å². The zero-order chi connectivity index (χ0) is 29.2. The Labute approximate surface area is 244 Å². The molecule has 0 saturated heterocycles. The second kappa shape index (κ2) is 9.89. The first-order valence-electron chi connectivity index (χ1n) is 14.9. The summed E-state index contributed by atoms with van der Waals surface area (Å²) in [6, 6.07) is 8.70. The summed E-state index contributed by atoms with van der Waals surface area (Å²) in [4.78, 5) is 30.6. The van der Waals surface area contributed by atoms with Crippen LogP contribution in [0.15, 0.2) is 35.0 Å². The molecule has 0 radical (unpaired) electrons. The number of nitrogens with one attached hydrogen (secondary N) is 2. The summed E-state index contributed by atoms with van der Waals surface area (Å²) in [6.07, 6.45) is 7.76. The molecule has 1 fully saturated rings. The highest BCUT2D eigenvalue weighted by Crippen LogP contribution is 2.46. The van der Waals surface area contributed by atoms with Gasteiger partial charge in [-0.1, -0.05) is 36.7 Å². The minimum absolute atomic E-state index is 0.0714. The normalized spacial score (nSPS) is 17.8. The monoisotopic (exact) mass is 564 g/mol. The number of benzene rings is 1. The van der Waals surface area contributed by atoms with Gasteiger partial charge in [-0.05, 0) is 82.6 Å². The Balaban J connectivity index is 1.20. The van der Waals surface area contributed by atoms with Gasteiger partial charge in [-0.15, -0.1) is 0 Å². The molecule has 1 aromatic carbocycles. The quantitative estimate of drug-likeness (QED) is 0.231. The molecule has 0 bridgehead atoms. The number of aryl methyl sites for hydroxylation is 2. The predicted molar refractivity (Wildman–Crippen MR) is 159 cm³/mol. The summed E-state index contributed by atoms with van der Waals surface area (Å²) < 4.78 is 7.45. The Morgan fingerprint density at radius 1 is 1.17 bits per heavy atom. The second-order valence-corrected chi connectivity index (χ2v) is 12.4. The van der Waals surface area contributed by atoms with Gasteiger partial charge in [-0.2, -0.15) is 10.1 Å². The number of aromatic nitrogens is 7. The third-order valence-electron chi connectivity index (χ3n) is 8.90. The van der Waals surface area contributed by atoms with Crippen molar-refractivity contribution in [2.45, 2.75) is 90.6 Å². The van der Waals surface area contributed by atoms with Gasteiger partial charge in [0.15, 0.2) is 5.65 Å². The first-order valence-corrected chi connectivity index (χ1v) is 14.9. The summed E-state index contributed by atoms with van der Waals surface area (Å²) in [5.74, 6) is 1.16. The predicted octanol–water partition coefficient (Wildman–Crippen LogP) is 6.32. The van der Waals surface area contributed by atoms with Crippen molar-refractivity contribution < 1.29 is 9.32 Å². The molecule has 2 aliphatic carbocycles. The van der Waals surface area contributed by atoms with Crippen LogP contribution in [-0.4, -0.2) is 40.8 Å². The van der Waals surface area contributed by atoms with Gasteiger partial charge in [0.05, 0.1) is 17.3 Å².